The molecule has 12 heteroatoms. The molecular weight excluding hydrogens is 425 g/mol. The van der Waals surface area contributed by atoms with E-state index in [0.717, 1.165) is 15.2 Å². The zero-order chi connectivity index (χ0) is 21.7. The number of hydrogen-bond donors (Lipinski definition) is 2. The van der Waals surface area contributed by atoms with E-state index in [-0.39, 0.29) is 15.5 Å². The summed E-state index contributed by atoms with van der Waals surface area (Å²) in [4.78, 5) is 30.8. The van der Waals surface area contributed by atoms with Crippen LogP contribution in [0.4, 0.5) is 4.39 Å². The van der Waals surface area contributed by atoms with Gasteiger partial charge in [0.15, 0.2) is 4.77 Å². The van der Waals surface area contributed by atoms with Crippen LogP contribution in [-0.4, -0.2) is 30.2 Å². The van der Waals surface area contributed by atoms with E-state index in [2.05, 4.69) is 10.6 Å². The van der Waals surface area contributed by atoms with Crippen molar-refractivity contribution in [2.75, 3.05) is 0 Å². The van der Waals surface area contributed by atoms with Gasteiger partial charge >= 0.3 is 11.4 Å². The molecule has 9 nitrogen and oxygen atoms in total. The summed E-state index contributed by atoms with van der Waals surface area (Å²) in [6.07, 6.45) is 0.319. The van der Waals surface area contributed by atoms with Crippen LogP contribution in [0.1, 0.15) is 31.9 Å². The molecule has 0 saturated carbocycles. The average molecular weight is 444 g/mol. The topological polar surface area (TPSA) is 103 Å². The summed E-state index contributed by atoms with van der Waals surface area (Å²) in [6.45, 7) is 3.32. The number of hydrogen-bond acceptors (Lipinski definition) is 7. The smallest absolute Gasteiger partial charge is 0.338 e. The molecule has 1 aromatic heterocycles. The molecule has 2 N–H and O–H groups in total. The molecule has 2 atom stereocenters. The van der Waals surface area contributed by atoms with Crippen LogP contribution in [0.3, 0.4) is 0 Å². The van der Waals surface area contributed by atoms with Gasteiger partial charge < -0.3 is 5.21 Å². The fourth-order valence-corrected chi connectivity index (χ4v) is 3.58. The minimum atomic E-state index is -0.916. The Balaban J connectivity index is 2.19. The second kappa shape index (κ2) is 7.48. The lowest BCUT2D eigenvalue weighted by atomic mass is 9.91. The monoisotopic (exact) mass is 443 g/mol. The second-order valence-corrected chi connectivity index (χ2v) is 7.79. The zero-order valence-electron chi connectivity index (χ0n) is 16.1. The number of halogens is 2. The van der Waals surface area contributed by atoms with Crippen LogP contribution in [-0.2, 0) is 18.9 Å². The standard InChI is InChI=1S/C17H19ClFN5O4S/c1-8(20-27)17(2)7-12(21-28-17)9-5-13(11(19)6-10(9)18)24-14(25)22(3)16(29)23(4)15(24)26/h5-6,12,21,27H,7H2,1-4H3. The molecule has 2 unspecified atom stereocenters. The number of rotatable bonds is 3. The van der Waals surface area contributed by atoms with Crippen molar-refractivity contribution >= 4 is 29.5 Å². The summed E-state index contributed by atoms with van der Waals surface area (Å²) in [5.74, 6) is -0.843. The second-order valence-electron chi connectivity index (χ2n) is 7.02. The fourth-order valence-electron chi connectivity index (χ4n) is 3.14. The molecule has 1 saturated heterocycles. The van der Waals surface area contributed by atoms with Gasteiger partial charge in [-0.25, -0.2) is 18.5 Å². The van der Waals surface area contributed by atoms with E-state index in [1.165, 1.54) is 20.2 Å². The summed E-state index contributed by atoms with van der Waals surface area (Å²) in [7, 11) is 2.79. The van der Waals surface area contributed by atoms with Crippen LogP contribution in [0, 0.1) is 10.6 Å². The Morgan fingerprint density at radius 1 is 1.38 bits per heavy atom. The van der Waals surface area contributed by atoms with E-state index in [4.69, 9.17) is 33.9 Å². The molecule has 0 bridgehead atoms. The van der Waals surface area contributed by atoms with Crippen LogP contribution < -0.4 is 16.9 Å². The summed E-state index contributed by atoms with van der Waals surface area (Å²) in [5.41, 5.74) is 0.795. The van der Waals surface area contributed by atoms with Gasteiger partial charge in [0.25, 0.3) is 0 Å². The molecule has 29 heavy (non-hydrogen) atoms. The van der Waals surface area contributed by atoms with Crippen molar-refractivity contribution in [3.8, 4) is 5.69 Å². The summed E-state index contributed by atoms with van der Waals surface area (Å²) < 4.78 is 17.6. The lowest BCUT2D eigenvalue weighted by Crippen LogP contribution is -2.43. The first-order chi connectivity index (χ1) is 13.5. The van der Waals surface area contributed by atoms with E-state index >= 15 is 0 Å². The van der Waals surface area contributed by atoms with Crippen molar-refractivity contribution in [3.63, 3.8) is 0 Å². The van der Waals surface area contributed by atoms with Gasteiger partial charge in [-0.2, -0.15) is 5.48 Å². The van der Waals surface area contributed by atoms with E-state index in [9.17, 15) is 14.0 Å². The van der Waals surface area contributed by atoms with Crippen molar-refractivity contribution in [2.45, 2.75) is 31.9 Å². The minimum Gasteiger partial charge on any atom is -0.411 e. The van der Waals surface area contributed by atoms with E-state index in [1.54, 1.807) is 13.8 Å². The molecule has 0 spiro atoms. The number of oxime groups is 1. The average Bonchev–Trinajstić information content (AvgIpc) is 3.09. The molecule has 1 fully saturated rings. The molecule has 2 aromatic rings. The van der Waals surface area contributed by atoms with Crippen LogP contribution in [0.2, 0.25) is 5.02 Å². The Morgan fingerprint density at radius 3 is 2.52 bits per heavy atom. The Morgan fingerprint density at radius 2 is 1.97 bits per heavy atom. The number of aromatic nitrogens is 3. The lowest BCUT2D eigenvalue weighted by Gasteiger charge is -2.20. The van der Waals surface area contributed by atoms with Crippen molar-refractivity contribution in [2.24, 2.45) is 19.3 Å². The van der Waals surface area contributed by atoms with E-state index < -0.39 is 28.8 Å². The summed E-state index contributed by atoms with van der Waals surface area (Å²) >= 11 is 11.3. The third-order valence-electron chi connectivity index (χ3n) is 5.15. The highest BCUT2D eigenvalue weighted by molar-refractivity contribution is 7.71. The maximum atomic E-state index is 14.7. The van der Waals surface area contributed by atoms with Crippen molar-refractivity contribution in [1.29, 1.82) is 0 Å². The van der Waals surface area contributed by atoms with Gasteiger partial charge in [0.2, 0.25) is 0 Å². The predicted molar refractivity (Wildman–Crippen MR) is 107 cm³/mol. The van der Waals surface area contributed by atoms with E-state index in [1.807, 2.05) is 0 Å². The Bertz CT molecular complexity index is 1160. The fraction of sp³-hybridized carbons (Fsp3) is 0.412. The van der Waals surface area contributed by atoms with Gasteiger partial charge in [-0.1, -0.05) is 16.8 Å². The van der Waals surface area contributed by atoms with Gasteiger partial charge in [-0.15, -0.1) is 0 Å². The van der Waals surface area contributed by atoms with Crippen LogP contribution >= 0.6 is 23.8 Å². The SMILES string of the molecule is CC(=NO)C1(C)CC(c2cc(-n3c(=O)n(C)c(=S)n(C)c3=O)c(F)cc2Cl)NO1. The zero-order valence-corrected chi connectivity index (χ0v) is 17.6. The highest BCUT2D eigenvalue weighted by atomic mass is 35.5. The molecule has 2 heterocycles. The summed E-state index contributed by atoms with van der Waals surface area (Å²) in [5, 5.41) is 12.3. The minimum absolute atomic E-state index is 0.00578. The molecule has 0 aliphatic carbocycles. The molecule has 3 rings (SSSR count). The molecule has 1 aromatic carbocycles. The number of nitrogens with one attached hydrogen (secondary N) is 1. The van der Waals surface area contributed by atoms with Gasteiger partial charge in [0.1, 0.15) is 11.4 Å². The third kappa shape index (κ3) is 3.44. The van der Waals surface area contributed by atoms with Crippen LogP contribution in [0.15, 0.2) is 26.9 Å². The normalized spacial score (nSPS) is 22.3. The van der Waals surface area contributed by atoms with E-state index in [0.29, 0.717) is 22.3 Å². The van der Waals surface area contributed by atoms with Crippen molar-refractivity contribution in [1.82, 2.24) is 19.2 Å². The predicted octanol–water partition coefficient (Wildman–Crippen LogP) is 1.97. The Hall–Kier alpha value is -2.34. The molecule has 1 aliphatic rings. The lowest BCUT2D eigenvalue weighted by molar-refractivity contribution is -0.00160. The van der Waals surface area contributed by atoms with Gasteiger partial charge in [-0.05, 0) is 43.8 Å². The molecule has 0 radical (unpaired) electrons. The third-order valence-corrected chi connectivity index (χ3v) is 6.02. The molecule has 156 valence electrons. The number of benzene rings is 1. The number of nitrogens with zero attached hydrogens (tertiary/aromatic N) is 4. The quantitative estimate of drug-likeness (QED) is 0.325. The maximum Gasteiger partial charge on any atom is 0.338 e. The van der Waals surface area contributed by atoms with Crippen LogP contribution in [0.25, 0.3) is 5.69 Å². The summed E-state index contributed by atoms with van der Waals surface area (Å²) in [6, 6.07) is 1.85. The largest absolute Gasteiger partial charge is 0.411 e. The first-order valence-corrected chi connectivity index (χ1v) is 9.31. The Kier molecular flexibility index (Phi) is 5.52. The maximum absolute atomic E-state index is 14.7. The van der Waals surface area contributed by atoms with Crippen LogP contribution in [0.5, 0.6) is 0 Å². The first-order valence-electron chi connectivity index (χ1n) is 8.53. The van der Waals surface area contributed by atoms with Gasteiger partial charge in [0.05, 0.1) is 17.4 Å². The van der Waals surface area contributed by atoms with Crippen molar-refractivity contribution in [3.05, 3.63) is 54.3 Å². The molecule has 1 aliphatic heterocycles. The molecular formula is C17H19ClFN5O4S. The highest BCUT2D eigenvalue weighted by Crippen LogP contribution is 2.37. The van der Waals surface area contributed by atoms with Gasteiger partial charge in [0, 0.05) is 25.5 Å². The molecule has 0 amide bonds. The van der Waals surface area contributed by atoms with Gasteiger partial charge in [-0.3, -0.25) is 14.0 Å². The van der Waals surface area contributed by atoms with Crippen molar-refractivity contribution < 1.29 is 14.4 Å². The Labute approximate surface area is 174 Å². The highest BCUT2D eigenvalue weighted by Gasteiger charge is 2.41. The first kappa shape index (κ1) is 21.4. The number of hydroxylamine groups is 1.